The maximum Gasteiger partial charge on any atom is 0.131 e. The lowest BCUT2D eigenvalue weighted by atomic mass is 10.1. The molecule has 0 aliphatic heterocycles. The molecule has 0 heterocycles. The number of halogens is 1. The normalized spacial score (nSPS) is 16.9. The Labute approximate surface area is 102 Å². The van der Waals surface area contributed by atoms with Crippen molar-refractivity contribution in [1.82, 2.24) is 0 Å². The summed E-state index contributed by atoms with van der Waals surface area (Å²) in [6.07, 6.45) is 1.78. The average molecular weight is 237 g/mol. The van der Waals surface area contributed by atoms with Gasteiger partial charge in [0, 0.05) is 24.3 Å². The topological polar surface area (TPSA) is 23.5 Å². The van der Waals surface area contributed by atoms with Gasteiger partial charge in [-0.3, -0.25) is 0 Å². The van der Waals surface area contributed by atoms with Crippen molar-refractivity contribution in [3.05, 3.63) is 29.6 Å². The molecule has 0 unspecified atom stereocenters. The van der Waals surface area contributed by atoms with E-state index >= 15 is 0 Å². The summed E-state index contributed by atoms with van der Waals surface area (Å²) < 4.78 is 13.8. The minimum Gasteiger partial charge on any atom is -0.389 e. The summed E-state index contributed by atoms with van der Waals surface area (Å²) in [4.78, 5) is 2.17. The second-order valence-electron chi connectivity index (χ2n) is 4.83. The Hall–Kier alpha value is -1.09. The number of rotatable bonds is 5. The van der Waals surface area contributed by atoms with Crippen LogP contribution in [0.15, 0.2) is 18.2 Å². The second-order valence-corrected chi connectivity index (χ2v) is 4.83. The van der Waals surface area contributed by atoms with Crippen LogP contribution in [0.4, 0.5) is 10.1 Å². The van der Waals surface area contributed by atoms with E-state index in [0.29, 0.717) is 5.56 Å². The van der Waals surface area contributed by atoms with Gasteiger partial charge < -0.3 is 10.0 Å². The first kappa shape index (κ1) is 12.4. The summed E-state index contributed by atoms with van der Waals surface area (Å²) >= 11 is 0. The molecule has 1 atom stereocenters. The van der Waals surface area contributed by atoms with Crippen molar-refractivity contribution in [2.24, 2.45) is 5.92 Å². The fourth-order valence-electron chi connectivity index (χ4n) is 2.22. The average Bonchev–Trinajstić information content (AvgIpc) is 3.08. The molecule has 0 bridgehead atoms. The van der Waals surface area contributed by atoms with Crippen LogP contribution in [0.5, 0.6) is 0 Å². The smallest absolute Gasteiger partial charge is 0.131 e. The zero-order chi connectivity index (χ0) is 12.4. The van der Waals surface area contributed by atoms with Gasteiger partial charge in [0.25, 0.3) is 0 Å². The van der Waals surface area contributed by atoms with E-state index < -0.39 is 6.10 Å². The van der Waals surface area contributed by atoms with Gasteiger partial charge >= 0.3 is 0 Å². The molecular formula is C14H20FNO. The first-order valence-corrected chi connectivity index (χ1v) is 6.35. The second kappa shape index (κ2) is 5.05. The third kappa shape index (κ3) is 2.78. The van der Waals surface area contributed by atoms with Gasteiger partial charge in [0.2, 0.25) is 0 Å². The highest BCUT2D eigenvalue weighted by atomic mass is 19.1. The summed E-state index contributed by atoms with van der Waals surface area (Å²) in [7, 11) is 0. The fourth-order valence-corrected chi connectivity index (χ4v) is 2.22. The van der Waals surface area contributed by atoms with Crippen molar-refractivity contribution in [2.45, 2.75) is 32.8 Å². The summed E-state index contributed by atoms with van der Waals surface area (Å²) in [5.41, 5.74) is 1.27. The molecule has 0 amide bonds. The number of aliphatic hydroxyl groups is 1. The molecule has 1 aliphatic rings. The molecule has 2 rings (SSSR count). The standard InChI is InChI=1S/C14H20FNO/c1-3-16(9-11-7-8-11)13-6-4-5-12(15)14(13)10(2)17/h4-6,10-11,17H,3,7-9H2,1-2H3/t10-/m0/s1. The van der Waals surface area contributed by atoms with Crippen LogP contribution in [0, 0.1) is 11.7 Å². The molecule has 94 valence electrons. The van der Waals surface area contributed by atoms with Crippen molar-refractivity contribution in [3.63, 3.8) is 0 Å². The number of nitrogens with zero attached hydrogens (tertiary/aromatic N) is 1. The van der Waals surface area contributed by atoms with Gasteiger partial charge in [-0.15, -0.1) is 0 Å². The van der Waals surface area contributed by atoms with Crippen LogP contribution in [0.3, 0.4) is 0 Å². The summed E-state index contributed by atoms with van der Waals surface area (Å²) in [5.74, 6) is 0.437. The minimum atomic E-state index is -0.764. The number of aliphatic hydroxyl groups excluding tert-OH is 1. The van der Waals surface area contributed by atoms with E-state index in [9.17, 15) is 9.50 Å². The van der Waals surface area contributed by atoms with Crippen LogP contribution in [0.1, 0.15) is 38.4 Å². The molecule has 0 spiro atoms. The van der Waals surface area contributed by atoms with E-state index in [1.54, 1.807) is 13.0 Å². The van der Waals surface area contributed by atoms with Gasteiger partial charge in [0.1, 0.15) is 5.82 Å². The Morgan fingerprint density at radius 1 is 1.47 bits per heavy atom. The number of benzene rings is 1. The van der Waals surface area contributed by atoms with Gasteiger partial charge in [-0.1, -0.05) is 6.07 Å². The van der Waals surface area contributed by atoms with Crippen molar-refractivity contribution in [3.8, 4) is 0 Å². The monoisotopic (exact) mass is 237 g/mol. The number of hydrogen-bond donors (Lipinski definition) is 1. The van der Waals surface area contributed by atoms with Crippen molar-refractivity contribution in [2.75, 3.05) is 18.0 Å². The Kier molecular flexibility index (Phi) is 3.67. The van der Waals surface area contributed by atoms with Crippen LogP contribution in [0.2, 0.25) is 0 Å². The molecule has 1 aliphatic carbocycles. The molecule has 1 saturated carbocycles. The number of anilines is 1. The van der Waals surface area contributed by atoms with Crippen molar-refractivity contribution < 1.29 is 9.50 Å². The zero-order valence-electron chi connectivity index (χ0n) is 10.5. The highest BCUT2D eigenvalue weighted by Crippen LogP contribution is 2.34. The van der Waals surface area contributed by atoms with E-state index in [1.807, 2.05) is 6.07 Å². The predicted molar refractivity (Wildman–Crippen MR) is 67.6 cm³/mol. The maximum atomic E-state index is 13.8. The maximum absolute atomic E-state index is 13.8. The summed E-state index contributed by atoms with van der Waals surface area (Å²) in [6.45, 7) is 5.51. The Morgan fingerprint density at radius 2 is 2.18 bits per heavy atom. The third-order valence-electron chi connectivity index (χ3n) is 3.35. The Morgan fingerprint density at radius 3 is 2.71 bits per heavy atom. The van der Waals surface area contributed by atoms with E-state index in [4.69, 9.17) is 0 Å². The van der Waals surface area contributed by atoms with Gasteiger partial charge in [-0.25, -0.2) is 4.39 Å². The van der Waals surface area contributed by atoms with Crippen molar-refractivity contribution in [1.29, 1.82) is 0 Å². The highest BCUT2D eigenvalue weighted by Gasteiger charge is 2.26. The van der Waals surface area contributed by atoms with Crippen LogP contribution in [-0.4, -0.2) is 18.2 Å². The lowest BCUT2D eigenvalue weighted by molar-refractivity contribution is 0.194. The van der Waals surface area contributed by atoms with Crippen LogP contribution in [-0.2, 0) is 0 Å². The third-order valence-corrected chi connectivity index (χ3v) is 3.35. The molecule has 17 heavy (non-hydrogen) atoms. The molecule has 0 aromatic heterocycles. The molecule has 0 saturated heterocycles. The largest absolute Gasteiger partial charge is 0.389 e. The summed E-state index contributed by atoms with van der Waals surface area (Å²) in [5, 5.41) is 9.71. The minimum absolute atomic E-state index is 0.313. The van der Waals surface area contributed by atoms with E-state index in [-0.39, 0.29) is 5.82 Å². The zero-order valence-corrected chi connectivity index (χ0v) is 10.5. The molecular weight excluding hydrogens is 217 g/mol. The molecule has 1 aromatic carbocycles. The first-order valence-electron chi connectivity index (χ1n) is 6.35. The van der Waals surface area contributed by atoms with Gasteiger partial charge in [-0.2, -0.15) is 0 Å². The van der Waals surface area contributed by atoms with Gasteiger partial charge in [0.05, 0.1) is 6.10 Å². The molecule has 3 heteroatoms. The molecule has 1 aromatic rings. The predicted octanol–water partition coefficient (Wildman–Crippen LogP) is 3.12. The quantitative estimate of drug-likeness (QED) is 0.850. The van der Waals surface area contributed by atoms with Crippen LogP contribution < -0.4 is 4.90 Å². The van der Waals surface area contributed by atoms with Crippen LogP contribution >= 0.6 is 0 Å². The molecule has 2 nitrogen and oxygen atoms in total. The van der Waals surface area contributed by atoms with E-state index in [0.717, 1.165) is 24.7 Å². The fraction of sp³-hybridized carbons (Fsp3) is 0.571. The lowest BCUT2D eigenvalue weighted by Gasteiger charge is -2.27. The van der Waals surface area contributed by atoms with Crippen LogP contribution in [0.25, 0.3) is 0 Å². The van der Waals surface area contributed by atoms with E-state index in [1.165, 1.54) is 18.9 Å². The Balaban J connectivity index is 2.30. The van der Waals surface area contributed by atoms with E-state index in [2.05, 4.69) is 11.8 Å². The first-order chi connectivity index (χ1) is 8.13. The lowest BCUT2D eigenvalue weighted by Crippen LogP contribution is -2.27. The SMILES string of the molecule is CCN(CC1CC1)c1cccc(F)c1[C@H](C)O. The summed E-state index contributed by atoms with van der Waals surface area (Å²) in [6, 6.07) is 5.03. The molecule has 1 fully saturated rings. The highest BCUT2D eigenvalue weighted by molar-refractivity contribution is 5.55. The van der Waals surface area contributed by atoms with Crippen molar-refractivity contribution >= 4 is 5.69 Å². The molecule has 1 N–H and O–H groups in total. The van der Waals surface area contributed by atoms with Gasteiger partial charge in [0.15, 0.2) is 0 Å². The van der Waals surface area contributed by atoms with Gasteiger partial charge in [-0.05, 0) is 44.7 Å². The molecule has 0 radical (unpaired) electrons. The number of hydrogen-bond acceptors (Lipinski definition) is 2. The Bertz CT molecular complexity index is 388.